The van der Waals surface area contributed by atoms with E-state index in [9.17, 15) is 0 Å². The molecule has 1 aliphatic rings. The molecule has 0 amide bonds. The Morgan fingerprint density at radius 2 is 2.05 bits per heavy atom. The van der Waals surface area contributed by atoms with Gasteiger partial charge in [0.2, 0.25) is 0 Å². The van der Waals surface area contributed by atoms with Crippen molar-refractivity contribution < 1.29 is 9.47 Å². The fraction of sp³-hybridized carbons (Fsp3) is 0.625. The number of hydrogen-bond acceptors (Lipinski definition) is 3. The van der Waals surface area contributed by atoms with E-state index in [1.54, 1.807) is 7.11 Å². The standard InChI is InChI=1S/C16H25NO2/c1-12(17-2)15-9-8-14(18-3)10-16(15)19-11-13-6-4-5-7-13/h8-10,12-13,17H,4-7,11H2,1-3H3. The van der Waals surface area contributed by atoms with Crippen LogP contribution in [0.15, 0.2) is 18.2 Å². The van der Waals surface area contributed by atoms with Gasteiger partial charge in [-0.05, 0) is 38.8 Å². The van der Waals surface area contributed by atoms with E-state index in [0.29, 0.717) is 0 Å². The molecule has 19 heavy (non-hydrogen) atoms. The molecular weight excluding hydrogens is 238 g/mol. The van der Waals surface area contributed by atoms with Crippen LogP contribution in [0.5, 0.6) is 11.5 Å². The highest BCUT2D eigenvalue weighted by atomic mass is 16.5. The number of ether oxygens (including phenoxy) is 2. The molecule has 0 aliphatic heterocycles. The smallest absolute Gasteiger partial charge is 0.127 e. The largest absolute Gasteiger partial charge is 0.497 e. The summed E-state index contributed by atoms with van der Waals surface area (Å²) in [5.74, 6) is 2.53. The molecular formula is C16H25NO2. The van der Waals surface area contributed by atoms with Crippen molar-refractivity contribution in [3.8, 4) is 11.5 Å². The van der Waals surface area contributed by atoms with E-state index >= 15 is 0 Å². The van der Waals surface area contributed by atoms with Gasteiger partial charge in [-0.2, -0.15) is 0 Å². The molecule has 1 fully saturated rings. The van der Waals surface area contributed by atoms with Crippen molar-refractivity contribution in [2.75, 3.05) is 20.8 Å². The Labute approximate surface area is 116 Å². The summed E-state index contributed by atoms with van der Waals surface area (Å²) in [6.07, 6.45) is 5.32. The zero-order chi connectivity index (χ0) is 13.7. The van der Waals surface area contributed by atoms with Gasteiger partial charge in [-0.3, -0.25) is 0 Å². The van der Waals surface area contributed by atoms with Gasteiger partial charge in [0.1, 0.15) is 11.5 Å². The summed E-state index contributed by atoms with van der Waals surface area (Å²) >= 11 is 0. The molecule has 3 nitrogen and oxygen atoms in total. The summed E-state index contributed by atoms with van der Waals surface area (Å²) in [5.41, 5.74) is 1.20. The zero-order valence-electron chi connectivity index (χ0n) is 12.2. The molecule has 1 aliphatic carbocycles. The van der Waals surface area contributed by atoms with Crippen LogP contribution in [-0.2, 0) is 0 Å². The van der Waals surface area contributed by atoms with Gasteiger partial charge >= 0.3 is 0 Å². The first-order valence-electron chi connectivity index (χ1n) is 7.22. The van der Waals surface area contributed by atoms with Crippen molar-refractivity contribution in [1.29, 1.82) is 0 Å². The molecule has 0 heterocycles. The maximum absolute atomic E-state index is 6.07. The quantitative estimate of drug-likeness (QED) is 0.851. The second-order valence-corrected chi connectivity index (χ2v) is 5.38. The summed E-state index contributed by atoms with van der Waals surface area (Å²) in [6.45, 7) is 2.97. The SMILES string of the molecule is CNC(C)c1ccc(OC)cc1OCC1CCCC1. The number of hydrogen-bond donors (Lipinski definition) is 1. The lowest BCUT2D eigenvalue weighted by molar-refractivity contribution is 0.247. The lowest BCUT2D eigenvalue weighted by Crippen LogP contribution is -2.15. The molecule has 1 aromatic rings. The second kappa shape index (κ2) is 6.80. The summed E-state index contributed by atoms with van der Waals surface area (Å²) in [6, 6.07) is 6.36. The average Bonchev–Trinajstić information content (AvgIpc) is 2.97. The topological polar surface area (TPSA) is 30.5 Å². The first-order valence-corrected chi connectivity index (χ1v) is 7.22. The number of methoxy groups -OCH3 is 1. The summed E-state index contributed by atoms with van der Waals surface area (Å²) in [4.78, 5) is 0. The van der Waals surface area contributed by atoms with E-state index < -0.39 is 0 Å². The molecule has 106 valence electrons. The van der Waals surface area contributed by atoms with E-state index in [1.807, 2.05) is 19.2 Å². The molecule has 1 unspecified atom stereocenters. The van der Waals surface area contributed by atoms with Gasteiger partial charge in [-0.1, -0.05) is 18.9 Å². The Kier molecular flexibility index (Phi) is 5.08. The number of nitrogens with one attached hydrogen (secondary N) is 1. The minimum absolute atomic E-state index is 0.282. The molecule has 0 aromatic heterocycles. The third-order valence-electron chi connectivity index (χ3n) is 4.07. The van der Waals surface area contributed by atoms with Gasteiger partial charge < -0.3 is 14.8 Å². The van der Waals surface area contributed by atoms with E-state index in [0.717, 1.165) is 24.0 Å². The molecule has 1 atom stereocenters. The third kappa shape index (κ3) is 3.63. The van der Waals surface area contributed by atoms with Crippen molar-refractivity contribution in [3.05, 3.63) is 23.8 Å². The van der Waals surface area contributed by atoms with E-state index in [-0.39, 0.29) is 6.04 Å². The van der Waals surface area contributed by atoms with Gasteiger partial charge in [0.15, 0.2) is 0 Å². The van der Waals surface area contributed by atoms with Crippen LogP contribution in [0, 0.1) is 5.92 Å². The van der Waals surface area contributed by atoms with Crippen LogP contribution in [0.3, 0.4) is 0 Å². The van der Waals surface area contributed by atoms with Gasteiger partial charge in [0, 0.05) is 17.7 Å². The Balaban J connectivity index is 2.09. The maximum atomic E-state index is 6.07. The van der Waals surface area contributed by atoms with Crippen LogP contribution in [0.2, 0.25) is 0 Å². The predicted molar refractivity (Wildman–Crippen MR) is 77.9 cm³/mol. The minimum Gasteiger partial charge on any atom is -0.497 e. The molecule has 1 N–H and O–H groups in total. The van der Waals surface area contributed by atoms with Gasteiger partial charge in [-0.25, -0.2) is 0 Å². The summed E-state index contributed by atoms with van der Waals surface area (Å²) in [5, 5.41) is 3.27. The Morgan fingerprint density at radius 3 is 2.68 bits per heavy atom. The van der Waals surface area contributed by atoms with E-state index in [4.69, 9.17) is 9.47 Å². The fourth-order valence-electron chi connectivity index (χ4n) is 2.66. The van der Waals surface area contributed by atoms with Gasteiger partial charge in [-0.15, -0.1) is 0 Å². The molecule has 0 spiro atoms. The van der Waals surface area contributed by atoms with Crippen LogP contribution < -0.4 is 14.8 Å². The first-order chi connectivity index (χ1) is 9.24. The monoisotopic (exact) mass is 263 g/mol. The number of rotatable bonds is 6. The lowest BCUT2D eigenvalue weighted by Gasteiger charge is -2.19. The third-order valence-corrected chi connectivity index (χ3v) is 4.07. The molecule has 1 aromatic carbocycles. The summed E-state index contributed by atoms with van der Waals surface area (Å²) in [7, 11) is 3.66. The maximum Gasteiger partial charge on any atom is 0.127 e. The van der Waals surface area contributed by atoms with E-state index in [2.05, 4.69) is 18.3 Å². The zero-order valence-corrected chi connectivity index (χ0v) is 12.2. The van der Waals surface area contributed by atoms with Crippen molar-refractivity contribution in [2.24, 2.45) is 5.92 Å². The normalized spacial score (nSPS) is 17.4. The number of benzene rings is 1. The van der Waals surface area contributed by atoms with Gasteiger partial charge in [0.05, 0.1) is 13.7 Å². The van der Waals surface area contributed by atoms with Crippen molar-refractivity contribution >= 4 is 0 Å². The molecule has 0 saturated heterocycles. The van der Waals surface area contributed by atoms with Crippen LogP contribution in [-0.4, -0.2) is 20.8 Å². The van der Waals surface area contributed by atoms with Crippen LogP contribution >= 0.6 is 0 Å². The molecule has 3 heteroatoms. The van der Waals surface area contributed by atoms with Crippen LogP contribution in [0.1, 0.15) is 44.2 Å². The Bertz CT molecular complexity index is 400. The molecule has 1 saturated carbocycles. The molecule has 0 radical (unpaired) electrons. The summed E-state index contributed by atoms with van der Waals surface area (Å²) < 4.78 is 11.4. The van der Waals surface area contributed by atoms with Crippen molar-refractivity contribution in [3.63, 3.8) is 0 Å². The average molecular weight is 263 g/mol. The first kappa shape index (κ1) is 14.2. The predicted octanol–water partition coefficient (Wildman–Crippen LogP) is 3.54. The highest BCUT2D eigenvalue weighted by Crippen LogP contribution is 2.31. The minimum atomic E-state index is 0.282. The highest BCUT2D eigenvalue weighted by Gasteiger charge is 2.17. The van der Waals surface area contributed by atoms with Gasteiger partial charge in [0.25, 0.3) is 0 Å². The lowest BCUT2D eigenvalue weighted by atomic mass is 10.1. The van der Waals surface area contributed by atoms with Crippen LogP contribution in [0.4, 0.5) is 0 Å². The Morgan fingerprint density at radius 1 is 1.32 bits per heavy atom. The molecule has 0 bridgehead atoms. The fourth-order valence-corrected chi connectivity index (χ4v) is 2.66. The van der Waals surface area contributed by atoms with Crippen molar-refractivity contribution in [2.45, 2.75) is 38.6 Å². The second-order valence-electron chi connectivity index (χ2n) is 5.38. The molecule has 2 rings (SSSR count). The highest BCUT2D eigenvalue weighted by molar-refractivity contribution is 5.42. The Hall–Kier alpha value is -1.22. The van der Waals surface area contributed by atoms with E-state index in [1.165, 1.54) is 31.2 Å². The van der Waals surface area contributed by atoms with Crippen molar-refractivity contribution in [1.82, 2.24) is 5.32 Å². The van der Waals surface area contributed by atoms with Crippen LogP contribution in [0.25, 0.3) is 0 Å².